The standard InChI is InChI=1S/C20H26N2O5/c23-18(24)13-27-17-8-4-7-15(11-17)19(25)21-16-9-10-22(12-16)20(26)14-5-2-1-3-6-14/h4,7-8,11,14,16H,1-3,5-6,9-10,12-13H2,(H,21,25)(H,23,24). The van der Waals surface area contributed by atoms with Gasteiger partial charge in [0.1, 0.15) is 5.75 Å². The van der Waals surface area contributed by atoms with Crippen molar-refractivity contribution in [1.29, 1.82) is 0 Å². The van der Waals surface area contributed by atoms with E-state index in [4.69, 9.17) is 9.84 Å². The number of nitrogens with zero attached hydrogens (tertiary/aromatic N) is 1. The minimum Gasteiger partial charge on any atom is -0.482 e. The molecule has 27 heavy (non-hydrogen) atoms. The molecule has 1 aromatic carbocycles. The lowest BCUT2D eigenvalue weighted by Gasteiger charge is -2.26. The van der Waals surface area contributed by atoms with Crippen LogP contribution in [0.4, 0.5) is 0 Å². The van der Waals surface area contributed by atoms with Gasteiger partial charge in [-0.05, 0) is 37.5 Å². The molecule has 1 aromatic rings. The first-order valence-electron chi connectivity index (χ1n) is 9.57. The Hall–Kier alpha value is -2.57. The molecule has 1 aliphatic heterocycles. The highest BCUT2D eigenvalue weighted by Gasteiger charge is 2.32. The summed E-state index contributed by atoms with van der Waals surface area (Å²) in [4.78, 5) is 37.6. The summed E-state index contributed by atoms with van der Waals surface area (Å²) in [5.41, 5.74) is 0.412. The molecule has 1 heterocycles. The molecule has 2 amide bonds. The van der Waals surface area contributed by atoms with Crippen molar-refractivity contribution in [2.75, 3.05) is 19.7 Å². The van der Waals surface area contributed by atoms with Gasteiger partial charge in [0.25, 0.3) is 5.91 Å². The first-order valence-corrected chi connectivity index (χ1v) is 9.57. The molecule has 0 radical (unpaired) electrons. The Balaban J connectivity index is 1.52. The van der Waals surface area contributed by atoms with Crippen LogP contribution in [0.2, 0.25) is 0 Å². The Morgan fingerprint density at radius 3 is 2.67 bits per heavy atom. The van der Waals surface area contributed by atoms with Crippen LogP contribution in [-0.4, -0.2) is 53.5 Å². The van der Waals surface area contributed by atoms with Crippen LogP contribution in [0, 0.1) is 5.92 Å². The lowest BCUT2D eigenvalue weighted by atomic mass is 9.88. The zero-order valence-electron chi connectivity index (χ0n) is 15.4. The van der Waals surface area contributed by atoms with Gasteiger partial charge in [0.05, 0.1) is 0 Å². The summed E-state index contributed by atoms with van der Waals surface area (Å²) >= 11 is 0. The molecular weight excluding hydrogens is 348 g/mol. The number of benzene rings is 1. The van der Waals surface area contributed by atoms with Gasteiger partial charge >= 0.3 is 5.97 Å². The van der Waals surface area contributed by atoms with Crippen LogP contribution < -0.4 is 10.1 Å². The molecule has 0 aromatic heterocycles. The van der Waals surface area contributed by atoms with Crippen LogP contribution >= 0.6 is 0 Å². The number of ether oxygens (including phenoxy) is 1. The Morgan fingerprint density at radius 1 is 1.15 bits per heavy atom. The summed E-state index contributed by atoms with van der Waals surface area (Å²) in [5.74, 6) is -0.594. The summed E-state index contributed by atoms with van der Waals surface area (Å²) in [6.07, 6.45) is 6.19. The van der Waals surface area contributed by atoms with Gasteiger partial charge in [-0.25, -0.2) is 4.79 Å². The second kappa shape index (κ2) is 8.88. The highest BCUT2D eigenvalue weighted by atomic mass is 16.5. The number of rotatable bonds is 6. The lowest BCUT2D eigenvalue weighted by Crippen LogP contribution is -2.40. The number of hydrogen-bond acceptors (Lipinski definition) is 4. The van der Waals surface area contributed by atoms with E-state index in [0.29, 0.717) is 24.4 Å². The van der Waals surface area contributed by atoms with Crippen LogP contribution in [0.15, 0.2) is 24.3 Å². The summed E-state index contributed by atoms with van der Waals surface area (Å²) in [5, 5.41) is 11.6. The normalized spacial score (nSPS) is 20.3. The number of aliphatic carboxylic acids is 1. The molecule has 1 saturated heterocycles. The molecule has 2 fully saturated rings. The minimum atomic E-state index is -1.07. The number of amides is 2. The van der Waals surface area contributed by atoms with E-state index in [0.717, 1.165) is 32.1 Å². The highest BCUT2D eigenvalue weighted by Crippen LogP contribution is 2.27. The van der Waals surface area contributed by atoms with E-state index < -0.39 is 12.6 Å². The first kappa shape index (κ1) is 19.2. The molecule has 1 saturated carbocycles. The molecule has 7 heteroatoms. The van der Waals surface area contributed by atoms with Crippen molar-refractivity contribution in [3.05, 3.63) is 29.8 Å². The lowest BCUT2D eigenvalue weighted by molar-refractivity contribution is -0.139. The van der Waals surface area contributed by atoms with E-state index in [9.17, 15) is 14.4 Å². The van der Waals surface area contributed by atoms with Crippen LogP contribution in [0.5, 0.6) is 5.75 Å². The molecule has 2 aliphatic rings. The van der Waals surface area contributed by atoms with Crippen molar-refractivity contribution in [3.63, 3.8) is 0 Å². The third kappa shape index (κ3) is 5.21. The van der Waals surface area contributed by atoms with E-state index in [1.807, 2.05) is 4.90 Å². The Morgan fingerprint density at radius 2 is 1.93 bits per heavy atom. The van der Waals surface area contributed by atoms with E-state index in [1.165, 1.54) is 12.5 Å². The number of carboxylic acids is 1. The quantitative estimate of drug-likeness (QED) is 0.795. The van der Waals surface area contributed by atoms with Crippen molar-refractivity contribution < 1.29 is 24.2 Å². The average Bonchev–Trinajstić information content (AvgIpc) is 3.15. The molecule has 1 unspecified atom stereocenters. The summed E-state index contributed by atoms with van der Waals surface area (Å²) < 4.78 is 5.11. The van der Waals surface area contributed by atoms with Crippen molar-refractivity contribution in [2.45, 2.75) is 44.6 Å². The number of likely N-dealkylation sites (tertiary alicyclic amines) is 1. The fraction of sp³-hybridized carbons (Fsp3) is 0.550. The SMILES string of the molecule is O=C(O)COc1cccc(C(=O)NC2CCN(C(=O)C3CCCCC3)C2)c1. The molecule has 1 atom stereocenters. The molecule has 2 N–H and O–H groups in total. The average molecular weight is 374 g/mol. The minimum absolute atomic E-state index is 0.0614. The summed E-state index contributed by atoms with van der Waals surface area (Å²) in [6, 6.07) is 6.38. The van der Waals surface area contributed by atoms with E-state index in [1.54, 1.807) is 18.2 Å². The van der Waals surface area contributed by atoms with Gasteiger partial charge in [0.15, 0.2) is 6.61 Å². The van der Waals surface area contributed by atoms with Crippen molar-refractivity contribution in [1.82, 2.24) is 10.2 Å². The monoisotopic (exact) mass is 374 g/mol. The fourth-order valence-corrected chi connectivity index (χ4v) is 3.83. The van der Waals surface area contributed by atoms with Gasteiger partial charge in [0.2, 0.25) is 5.91 Å². The maximum absolute atomic E-state index is 12.6. The van der Waals surface area contributed by atoms with Gasteiger partial charge in [-0.1, -0.05) is 25.3 Å². The third-order valence-corrected chi connectivity index (χ3v) is 5.25. The largest absolute Gasteiger partial charge is 0.482 e. The fourth-order valence-electron chi connectivity index (χ4n) is 3.83. The number of carbonyl (C=O) groups excluding carboxylic acids is 2. The molecule has 146 valence electrons. The second-order valence-electron chi connectivity index (χ2n) is 7.29. The molecule has 7 nitrogen and oxygen atoms in total. The van der Waals surface area contributed by atoms with Crippen molar-refractivity contribution in [2.24, 2.45) is 5.92 Å². The van der Waals surface area contributed by atoms with Crippen molar-refractivity contribution in [3.8, 4) is 5.75 Å². The number of carbonyl (C=O) groups is 3. The number of carboxylic acid groups (broad SMARTS) is 1. The van der Waals surface area contributed by atoms with Gasteiger partial charge in [-0.2, -0.15) is 0 Å². The first-order chi connectivity index (χ1) is 13.0. The van der Waals surface area contributed by atoms with Crippen LogP contribution in [-0.2, 0) is 9.59 Å². The number of nitrogens with one attached hydrogen (secondary N) is 1. The molecular formula is C20H26N2O5. The van der Waals surface area contributed by atoms with E-state index in [2.05, 4.69) is 5.32 Å². The topological polar surface area (TPSA) is 95.9 Å². The summed E-state index contributed by atoms with van der Waals surface area (Å²) in [7, 11) is 0. The zero-order chi connectivity index (χ0) is 19.2. The predicted octanol–water partition coefficient (Wildman–Crippen LogP) is 2.06. The molecule has 1 aliphatic carbocycles. The van der Waals surface area contributed by atoms with Gasteiger partial charge < -0.3 is 20.1 Å². The van der Waals surface area contributed by atoms with Crippen molar-refractivity contribution >= 4 is 17.8 Å². The van der Waals surface area contributed by atoms with Gasteiger partial charge in [-0.15, -0.1) is 0 Å². The predicted molar refractivity (Wildman–Crippen MR) is 98.6 cm³/mol. The van der Waals surface area contributed by atoms with Crippen LogP contribution in [0.25, 0.3) is 0 Å². The van der Waals surface area contributed by atoms with E-state index in [-0.39, 0.29) is 23.8 Å². The van der Waals surface area contributed by atoms with Crippen LogP contribution in [0.3, 0.4) is 0 Å². The molecule has 3 rings (SSSR count). The van der Waals surface area contributed by atoms with Gasteiger partial charge in [0, 0.05) is 30.6 Å². The van der Waals surface area contributed by atoms with Gasteiger partial charge in [-0.3, -0.25) is 9.59 Å². The molecule has 0 bridgehead atoms. The third-order valence-electron chi connectivity index (χ3n) is 5.25. The maximum Gasteiger partial charge on any atom is 0.341 e. The molecule has 0 spiro atoms. The highest BCUT2D eigenvalue weighted by molar-refractivity contribution is 5.94. The van der Waals surface area contributed by atoms with Crippen LogP contribution in [0.1, 0.15) is 48.9 Å². The summed E-state index contributed by atoms with van der Waals surface area (Å²) in [6.45, 7) is 0.782. The Bertz CT molecular complexity index is 699. The Kier molecular flexibility index (Phi) is 6.32. The van der Waals surface area contributed by atoms with E-state index >= 15 is 0 Å². The second-order valence-corrected chi connectivity index (χ2v) is 7.29. The number of hydrogen-bond donors (Lipinski definition) is 2. The maximum atomic E-state index is 12.6. The zero-order valence-corrected chi connectivity index (χ0v) is 15.4. The smallest absolute Gasteiger partial charge is 0.341 e. The Labute approximate surface area is 158 Å².